The Morgan fingerprint density at radius 2 is 2.03 bits per heavy atom. The minimum Gasteiger partial charge on any atom is -0.351 e. The van der Waals surface area contributed by atoms with E-state index in [9.17, 15) is 4.79 Å². The maximum absolute atomic E-state index is 12.6. The van der Waals surface area contributed by atoms with Gasteiger partial charge in [-0.25, -0.2) is 4.98 Å². The van der Waals surface area contributed by atoms with E-state index >= 15 is 0 Å². The van der Waals surface area contributed by atoms with Crippen LogP contribution < -0.4 is 5.73 Å². The van der Waals surface area contributed by atoms with Gasteiger partial charge in [-0.1, -0.05) is 63.0 Å². The normalized spacial score (nSPS) is 12.8. The fourth-order valence-electron chi connectivity index (χ4n) is 2.86. The average molecular weight is 390 g/mol. The largest absolute Gasteiger partial charge is 0.351 e. The van der Waals surface area contributed by atoms with Crippen molar-refractivity contribution in [2.45, 2.75) is 40.0 Å². The van der Waals surface area contributed by atoms with E-state index in [2.05, 4.69) is 60.8 Å². The number of benzene rings is 1. The molecule has 1 atom stereocenters. The number of aromatic amines is 1. The zero-order chi connectivity index (χ0) is 21.1. The Labute approximate surface area is 174 Å². The van der Waals surface area contributed by atoms with Crippen molar-refractivity contribution in [2.24, 2.45) is 17.6 Å². The summed E-state index contributed by atoms with van der Waals surface area (Å²) in [5.74, 6) is 6.87. The summed E-state index contributed by atoms with van der Waals surface area (Å²) in [5, 5.41) is 0. The van der Waals surface area contributed by atoms with Gasteiger partial charge in [0.05, 0.1) is 12.0 Å². The zero-order valence-electron chi connectivity index (χ0n) is 17.6. The molecule has 0 bridgehead atoms. The first kappa shape index (κ1) is 22.4. The van der Waals surface area contributed by atoms with Crippen LogP contribution in [0.15, 0.2) is 60.6 Å². The molecular formula is C25H31N3O. The lowest BCUT2D eigenvalue weighted by molar-refractivity contribution is -0.121. The van der Waals surface area contributed by atoms with E-state index in [-0.39, 0.29) is 11.7 Å². The first-order chi connectivity index (χ1) is 14.0. The molecule has 0 spiro atoms. The topological polar surface area (TPSA) is 71.8 Å². The van der Waals surface area contributed by atoms with Crippen LogP contribution in [0.25, 0.3) is 0 Å². The van der Waals surface area contributed by atoms with Gasteiger partial charge in [0, 0.05) is 42.6 Å². The molecular weight excluding hydrogens is 358 g/mol. The number of Topliss-reactive ketones (excluding diaryl/α,β-unsaturated/α-hetero) is 1. The lowest BCUT2D eigenvalue weighted by Crippen LogP contribution is -2.27. The molecule has 0 radical (unpaired) electrons. The van der Waals surface area contributed by atoms with Gasteiger partial charge in [0.2, 0.25) is 0 Å². The molecule has 1 heterocycles. The highest BCUT2D eigenvalue weighted by Gasteiger charge is 2.18. The minimum atomic E-state index is -0.216. The number of nitrogens with zero attached hydrogens (tertiary/aromatic N) is 1. The Bertz CT molecular complexity index is 878. The standard InChI is InChI=1S/C25H31N3O/c1-4-5-20(7-6-19(2)3)8-9-21-10-12-22(13-11-21)14-25(29)23(16-26)15-24-17-27-18-28-24/h5-7,10-13,17-19,23H,4,14-16,26H2,1-3H3,(H,27,28)/b7-6-,20-5+. The molecule has 0 amide bonds. The summed E-state index contributed by atoms with van der Waals surface area (Å²) in [6, 6.07) is 7.88. The predicted octanol–water partition coefficient (Wildman–Crippen LogP) is 4.24. The van der Waals surface area contributed by atoms with Crippen molar-refractivity contribution in [3.05, 3.63) is 77.4 Å². The molecule has 0 saturated carbocycles. The van der Waals surface area contributed by atoms with Crippen LogP contribution in [-0.2, 0) is 17.6 Å². The molecule has 0 aliphatic heterocycles. The SMILES string of the molecule is CC/C=C(C#Cc1ccc(CC(=O)C(CN)Cc2c[nH]cn2)cc1)\C=C/C(C)C. The quantitative estimate of drug-likeness (QED) is 0.498. The van der Waals surface area contributed by atoms with Gasteiger partial charge >= 0.3 is 0 Å². The van der Waals surface area contributed by atoms with Gasteiger partial charge in [-0.05, 0) is 30.0 Å². The summed E-state index contributed by atoms with van der Waals surface area (Å²) < 4.78 is 0. The van der Waals surface area contributed by atoms with Crippen LogP contribution in [0.3, 0.4) is 0 Å². The van der Waals surface area contributed by atoms with E-state index in [1.54, 1.807) is 12.5 Å². The van der Waals surface area contributed by atoms with Crippen LogP contribution in [0.1, 0.15) is 44.0 Å². The number of nitrogens with one attached hydrogen (secondary N) is 1. The Morgan fingerprint density at radius 3 is 2.62 bits per heavy atom. The van der Waals surface area contributed by atoms with Gasteiger partial charge < -0.3 is 10.7 Å². The van der Waals surface area contributed by atoms with Crippen molar-refractivity contribution in [1.29, 1.82) is 0 Å². The molecule has 152 valence electrons. The first-order valence-corrected chi connectivity index (χ1v) is 10.2. The lowest BCUT2D eigenvalue weighted by atomic mass is 9.93. The van der Waals surface area contributed by atoms with E-state index < -0.39 is 0 Å². The van der Waals surface area contributed by atoms with E-state index in [4.69, 9.17) is 5.73 Å². The zero-order valence-corrected chi connectivity index (χ0v) is 17.6. The minimum absolute atomic E-state index is 0.140. The van der Waals surface area contributed by atoms with Crippen molar-refractivity contribution in [1.82, 2.24) is 9.97 Å². The van der Waals surface area contributed by atoms with E-state index in [1.165, 1.54) is 0 Å². The third-order valence-electron chi connectivity index (χ3n) is 4.52. The summed E-state index contributed by atoms with van der Waals surface area (Å²) in [6.45, 7) is 6.73. The summed E-state index contributed by atoms with van der Waals surface area (Å²) >= 11 is 0. The van der Waals surface area contributed by atoms with Crippen molar-refractivity contribution < 1.29 is 4.79 Å². The molecule has 29 heavy (non-hydrogen) atoms. The Hall–Kier alpha value is -2.90. The molecule has 4 nitrogen and oxygen atoms in total. The number of carbonyl (C=O) groups is 1. The van der Waals surface area contributed by atoms with Gasteiger partial charge in [-0.3, -0.25) is 4.79 Å². The highest BCUT2D eigenvalue weighted by Crippen LogP contribution is 2.12. The van der Waals surface area contributed by atoms with Crippen LogP contribution in [0.4, 0.5) is 0 Å². The molecule has 2 aromatic rings. The second-order valence-electron chi connectivity index (χ2n) is 7.46. The van der Waals surface area contributed by atoms with Crippen LogP contribution in [0, 0.1) is 23.7 Å². The average Bonchev–Trinajstić information content (AvgIpc) is 3.22. The van der Waals surface area contributed by atoms with Gasteiger partial charge in [0.25, 0.3) is 0 Å². The van der Waals surface area contributed by atoms with Crippen LogP contribution in [-0.4, -0.2) is 22.3 Å². The summed E-state index contributed by atoms with van der Waals surface area (Å²) in [5.41, 5.74) is 9.63. The molecule has 4 heteroatoms. The molecule has 1 unspecified atom stereocenters. The van der Waals surface area contributed by atoms with Gasteiger partial charge in [-0.15, -0.1) is 0 Å². The highest BCUT2D eigenvalue weighted by atomic mass is 16.1. The number of ketones is 1. The smallest absolute Gasteiger partial charge is 0.141 e. The van der Waals surface area contributed by atoms with Crippen LogP contribution >= 0.6 is 0 Å². The Balaban J connectivity index is 2.01. The number of hydrogen-bond acceptors (Lipinski definition) is 3. The summed E-state index contributed by atoms with van der Waals surface area (Å²) in [6.07, 6.45) is 11.7. The fourth-order valence-corrected chi connectivity index (χ4v) is 2.86. The van der Waals surface area contributed by atoms with Gasteiger partial charge in [0.1, 0.15) is 5.78 Å². The Kier molecular flexibility index (Phi) is 9.14. The fraction of sp³-hybridized carbons (Fsp3) is 0.360. The van der Waals surface area contributed by atoms with Crippen molar-refractivity contribution >= 4 is 5.78 Å². The predicted molar refractivity (Wildman–Crippen MR) is 119 cm³/mol. The molecule has 1 aromatic carbocycles. The number of carbonyl (C=O) groups excluding carboxylic acids is 1. The highest BCUT2D eigenvalue weighted by molar-refractivity contribution is 5.83. The van der Waals surface area contributed by atoms with Gasteiger partial charge in [0.15, 0.2) is 0 Å². The molecule has 1 aromatic heterocycles. The third kappa shape index (κ3) is 7.93. The molecule has 0 saturated heterocycles. The molecule has 0 aliphatic carbocycles. The third-order valence-corrected chi connectivity index (χ3v) is 4.52. The molecule has 0 fully saturated rings. The Morgan fingerprint density at radius 1 is 1.28 bits per heavy atom. The molecule has 3 N–H and O–H groups in total. The number of imidazole rings is 1. The number of rotatable bonds is 9. The molecule has 2 rings (SSSR count). The number of allylic oxidation sites excluding steroid dienone is 4. The van der Waals surface area contributed by atoms with E-state index in [0.717, 1.165) is 28.8 Å². The first-order valence-electron chi connectivity index (χ1n) is 10.2. The summed E-state index contributed by atoms with van der Waals surface area (Å²) in [4.78, 5) is 19.7. The number of hydrogen-bond donors (Lipinski definition) is 2. The van der Waals surface area contributed by atoms with E-state index in [0.29, 0.717) is 25.3 Å². The van der Waals surface area contributed by atoms with Crippen LogP contribution in [0.2, 0.25) is 0 Å². The number of nitrogens with two attached hydrogens (primary N) is 1. The maximum Gasteiger partial charge on any atom is 0.141 e. The second-order valence-corrected chi connectivity index (χ2v) is 7.46. The van der Waals surface area contributed by atoms with Crippen molar-refractivity contribution in [2.75, 3.05) is 6.54 Å². The number of aromatic nitrogens is 2. The second kappa shape index (κ2) is 11.8. The van der Waals surface area contributed by atoms with Crippen LogP contribution in [0.5, 0.6) is 0 Å². The number of H-pyrrole nitrogens is 1. The maximum atomic E-state index is 12.6. The lowest BCUT2D eigenvalue weighted by Gasteiger charge is -2.12. The van der Waals surface area contributed by atoms with Crippen molar-refractivity contribution in [3.63, 3.8) is 0 Å². The van der Waals surface area contributed by atoms with Crippen molar-refractivity contribution in [3.8, 4) is 11.8 Å². The van der Waals surface area contributed by atoms with E-state index in [1.807, 2.05) is 24.3 Å². The summed E-state index contributed by atoms with van der Waals surface area (Å²) in [7, 11) is 0. The monoisotopic (exact) mass is 389 g/mol. The molecule has 0 aliphatic rings. The van der Waals surface area contributed by atoms with Gasteiger partial charge in [-0.2, -0.15) is 0 Å².